The molecule has 0 bridgehead atoms. The van der Waals surface area contributed by atoms with E-state index < -0.39 is 5.54 Å². The zero-order chi connectivity index (χ0) is 34.1. The van der Waals surface area contributed by atoms with Crippen LogP contribution in [0.3, 0.4) is 0 Å². The zero-order valence-corrected chi connectivity index (χ0v) is 28.0. The number of halogens is 1. The summed E-state index contributed by atoms with van der Waals surface area (Å²) in [6.07, 6.45) is 3.37. The van der Waals surface area contributed by atoms with Crippen LogP contribution in [0, 0.1) is 12.7 Å². The number of benzene rings is 3. The number of nitrogens with one attached hydrogen (secondary N) is 2. The average molecular weight is 662 g/mol. The Hall–Kier alpha value is -5.06. The summed E-state index contributed by atoms with van der Waals surface area (Å²) in [5.41, 5.74) is 4.80. The van der Waals surface area contributed by atoms with Crippen molar-refractivity contribution in [1.82, 2.24) is 25.4 Å². The number of aryl methyl sites for hydroxylation is 1. The van der Waals surface area contributed by atoms with Crippen molar-refractivity contribution < 1.29 is 23.1 Å². The van der Waals surface area contributed by atoms with Gasteiger partial charge in [-0.3, -0.25) is 19.5 Å². The molecule has 10 heteroatoms. The van der Waals surface area contributed by atoms with Crippen LogP contribution in [-0.2, 0) is 5.54 Å². The summed E-state index contributed by atoms with van der Waals surface area (Å²) in [5, 5.41) is 6.61. The van der Waals surface area contributed by atoms with Crippen LogP contribution in [0.2, 0.25) is 0 Å². The van der Waals surface area contributed by atoms with E-state index in [0.717, 1.165) is 67.9 Å². The van der Waals surface area contributed by atoms with Gasteiger partial charge in [-0.05, 0) is 104 Å². The summed E-state index contributed by atoms with van der Waals surface area (Å²) in [6, 6.07) is 21.1. The number of carbonyl (C=O) groups is 2. The number of carbonyl (C=O) groups excluding carboxylic acids is 2. The number of nitrogens with zero attached hydrogens (tertiary/aromatic N) is 3. The number of amides is 2. The molecule has 1 saturated heterocycles. The lowest BCUT2D eigenvalue weighted by Crippen LogP contribution is -2.45. The molecule has 5 aromatic rings. The number of hydrogen-bond acceptors (Lipinski definition) is 7. The molecule has 7 rings (SSSR count). The van der Waals surface area contributed by atoms with Crippen LogP contribution in [-0.4, -0.2) is 80.0 Å². The highest BCUT2D eigenvalue weighted by atomic mass is 19.1. The largest absolute Gasteiger partial charge is 0.491 e. The van der Waals surface area contributed by atoms with Gasteiger partial charge < -0.3 is 24.7 Å². The Balaban J connectivity index is 1.25. The second kappa shape index (κ2) is 13.4. The monoisotopic (exact) mass is 661 g/mol. The van der Waals surface area contributed by atoms with E-state index in [-0.39, 0.29) is 17.6 Å². The Morgan fingerprint density at radius 3 is 2.41 bits per heavy atom. The van der Waals surface area contributed by atoms with Gasteiger partial charge in [0.25, 0.3) is 11.8 Å². The van der Waals surface area contributed by atoms with E-state index in [1.54, 1.807) is 25.4 Å². The SMILES string of the molecule is CNC(=O)c1c(-c2ccc(F)cc2)oc2ccc(-c3cc(C(=O)NC4(c5ccccn5)CC4)c(OCCN4CCN(C)CC4)cc3C)cc12. The van der Waals surface area contributed by atoms with Crippen molar-refractivity contribution in [3.05, 3.63) is 107 Å². The van der Waals surface area contributed by atoms with E-state index in [4.69, 9.17) is 9.15 Å². The lowest BCUT2D eigenvalue weighted by Gasteiger charge is -2.32. The first-order valence-electron chi connectivity index (χ1n) is 16.7. The van der Waals surface area contributed by atoms with E-state index in [2.05, 4.69) is 32.5 Å². The third-order valence-electron chi connectivity index (χ3n) is 9.65. The Bertz CT molecular complexity index is 2000. The smallest absolute Gasteiger partial charge is 0.255 e. The Morgan fingerprint density at radius 2 is 1.71 bits per heavy atom. The molecule has 2 aromatic heterocycles. The van der Waals surface area contributed by atoms with Crippen LogP contribution in [0.5, 0.6) is 5.75 Å². The van der Waals surface area contributed by atoms with Crippen LogP contribution < -0.4 is 15.4 Å². The number of piperazine rings is 1. The molecule has 2 N–H and O–H groups in total. The summed E-state index contributed by atoms with van der Waals surface area (Å²) in [6.45, 7) is 7.21. The maximum Gasteiger partial charge on any atom is 0.255 e. The summed E-state index contributed by atoms with van der Waals surface area (Å²) in [4.78, 5) is 36.6. The van der Waals surface area contributed by atoms with E-state index >= 15 is 0 Å². The molecular formula is C39H40FN5O4. The second-order valence-electron chi connectivity index (χ2n) is 13.0. The van der Waals surface area contributed by atoms with Crippen molar-refractivity contribution in [2.45, 2.75) is 25.3 Å². The summed E-state index contributed by atoms with van der Waals surface area (Å²) >= 11 is 0. The molecule has 1 aliphatic heterocycles. The highest BCUT2D eigenvalue weighted by molar-refractivity contribution is 6.12. The molecule has 0 radical (unpaired) electrons. The Labute approximate surface area is 285 Å². The average Bonchev–Trinajstić information content (AvgIpc) is 3.80. The first-order valence-corrected chi connectivity index (χ1v) is 16.7. The molecule has 2 fully saturated rings. The van der Waals surface area contributed by atoms with Gasteiger partial charge in [0.2, 0.25) is 0 Å². The minimum atomic E-state index is -0.505. The number of furan rings is 1. The molecule has 1 aliphatic carbocycles. The van der Waals surface area contributed by atoms with Gasteiger partial charge in [-0.2, -0.15) is 0 Å². The topological polar surface area (TPSA) is 99.9 Å². The van der Waals surface area contributed by atoms with Crippen molar-refractivity contribution in [2.75, 3.05) is 53.4 Å². The van der Waals surface area contributed by atoms with E-state index in [1.807, 2.05) is 55.5 Å². The summed E-state index contributed by atoms with van der Waals surface area (Å²) < 4.78 is 26.3. The van der Waals surface area contributed by atoms with Crippen molar-refractivity contribution in [2.24, 2.45) is 0 Å². The fraction of sp³-hybridized carbons (Fsp3) is 0.308. The Morgan fingerprint density at radius 1 is 0.959 bits per heavy atom. The van der Waals surface area contributed by atoms with Crippen LogP contribution in [0.4, 0.5) is 4.39 Å². The van der Waals surface area contributed by atoms with Crippen LogP contribution in [0.25, 0.3) is 33.4 Å². The van der Waals surface area contributed by atoms with Crippen molar-refractivity contribution >= 4 is 22.8 Å². The molecular weight excluding hydrogens is 621 g/mol. The molecule has 2 aliphatic rings. The predicted octanol–water partition coefficient (Wildman–Crippen LogP) is 6.01. The number of aromatic nitrogens is 1. The van der Waals surface area contributed by atoms with Gasteiger partial charge in [0, 0.05) is 56.9 Å². The second-order valence-corrected chi connectivity index (χ2v) is 13.0. The van der Waals surface area contributed by atoms with Gasteiger partial charge in [0.15, 0.2) is 0 Å². The van der Waals surface area contributed by atoms with Gasteiger partial charge in [0.05, 0.1) is 22.4 Å². The van der Waals surface area contributed by atoms with Gasteiger partial charge in [-0.25, -0.2) is 4.39 Å². The number of ether oxygens (including phenoxy) is 1. The number of fused-ring (bicyclic) bond motifs is 1. The minimum absolute atomic E-state index is 0.229. The molecule has 1 saturated carbocycles. The number of rotatable bonds is 10. The van der Waals surface area contributed by atoms with E-state index in [1.165, 1.54) is 12.1 Å². The van der Waals surface area contributed by atoms with Gasteiger partial charge in [0.1, 0.15) is 29.5 Å². The molecule has 2 amide bonds. The first kappa shape index (κ1) is 32.5. The molecule has 9 nitrogen and oxygen atoms in total. The third kappa shape index (κ3) is 6.66. The van der Waals surface area contributed by atoms with Crippen molar-refractivity contribution in [1.29, 1.82) is 0 Å². The number of likely N-dealkylation sites (N-methyl/N-ethyl adjacent to an activating group) is 1. The summed E-state index contributed by atoms with van der Waals surface area (Å²) in [5.74, 6) is -0.0397. The highest BCUT2D eigenvalue weighted by Crippen LogP contribution is 2.45. The molecule has 0 atom stereocenters. The molecule has 3 aromatic carbocycles. The molecule has 0 unspecified atom stereocenters. The molecule has 49 heavy (non-hydrogen) atoms. The Kier molecular flexibility index (Phi) is 8.92. The normalized spacial score (nSPS) is 16.0. The van der Waals surface area contributed by atoms with Crippen molar-refractivity contribution in [3.8, 4) is 28.2 Å². The minimum Gasteiger partial charge on any atom is -0.491 e. The number of pyridine rings is 1. The van der Waals surface area contributed by atoms with Crippen LogP contribution in [0.1, 0.15) is 44.8 Å². The fourth-order valence-electron chi connectivity index (χ4n) is 6.57. The predicted molar refractivity (Wildman–Crippen MR) is 187 cm³/mol. The lowest BCUT2D eigenvalue weighted by atomic mass is 9.94. The van der Waals surface area contributed by atoms with Gasteiger partial charge in [-0.15, -0.1) is 0 Å². The molecule has 0 spiro atoms. The van der Waals surface area contributed by atoms with Crippen molar-refractivity contribution in [3.63, 3.8) is 0 Å². The third-order valence-corrected chi connectivity index (χ3v) is 9.65. The number of hydrogen-bond donors (Lipinski definition) is 2. The quantitative estimate of drug-likeness (QED) is 0.189. The summed E-state index contributed by atoms with van der Waals surface area (Å²) in [7, 11) is 3.70. The maximum absolute atomic E-state index is 14.1. The van der Waals surface area contributed by atoms with Gasteiger partial charge in [-0.1, -0.05) is 12.1 Å². The fourth-order valence-corrected chi connectivity index (χ4v) is 6.57. The highest BCUT2D eigenvalue weighted by Gasteiger charge is 2.47. The zero-order valence-electron chi connectivity index (χ0n) is 28.0. The first-order chi connectivity index (χ1) is 23.7. The van der Waals surface area contributed by atoms with E-state index in [0.29, 0.717) is 45.8 Å². The lowest BCUT2D eigenvalue weighted by molar-refractivity contribution is 0.0921. The molecule has 3 heterocycles. The van der Waals surface area contributed by atoms with Crippen LogP contribution >= 0.6 is 0 Å². The maximum atomic E-state index is 14.1. The van der Waals surface area contributed by atoms with Gasteiger partial charge >= 0.3 is 0 Å². The molecule has 252 valence electrons. The standard InChI is InChI=1S/C39H40FN5O4/c1-25-22-33(48-21-20-45-18-16-44(3)17-19-45)31(37(46)43-39(13-14-39)34-6-4-5-15-42-34)24-29(25)27-9-12-32-30(23-27)35(38(47)41-2)36(49-32)26-7-10-28(40)11-8-26/h4-12,15,22-24H,13-14,16-21H2,1-3H3,(H,41,47)(H,43,46). The van der Waals surface area contributed by atoms with Crippen LogP contribution in [0.15, 0.2) is 83.4 Å². The van der Waals surface area contributed by atoms with E-state index in [9.17, 15) is 14.0 Å².